The van der Waals surface area contributed by atoms with E-state index in [1.54, 1.807) is 0 Å². The first-order valence-corrected chi connectivity index (χ1v) is 8.58. The molecule has 2 aromatic carbocycles. The van der Waals surface area contributed by atoms with Gasteiger partial charge in [-0.15, -0.1) is 0 Å². The zero-order chi connectivity index (χ0) is 14.2. The van der Waals surface area contributed by atoms with Crippen molar-refractivity contribution in [1.29, 1.82) is 0 Å². The molecule has 3 atom stereocenters. The Balaban J connectivity index is 1.59. The first-order chi connectivity index (χ1) is 10.4. The molecular formula is C20H25N. The summed E-state index contributed by atoms with van der Waals surface area (Å²) in [7, 11) is 0. The molecule has 2 aromatic rings. The van der Waals surface area contributed by atoms with Gasteiger partial charge in [-0.3, -0.25) is 0 Å². The Labute approximate surface area is 127 Å². The molecule has 0 heterocycles. The van der Waals surface area contributed by atoms with Crippen molar-refractivity contribution in [2.45, 2.75) is 38.6 Å². The fraction of sp³-hybridized carbons (Fsp3) is 0.500. The topological polar surface area (TPSA) is 12.0 Å². The predicted molar refractivity (Wildman–Crippen MR) is 89.4 cm³/mol. The fourth-order valence-electron chi connectivity index (χ4n) is 4.79. The number of benzene rings is 2. The van der Waals surface area contributed by atoms with Crippen LogP contribution in [0, 0.1) is 17.8 Å². The van der Waals surface area contributed by atoms with Crippen molar-refractivity contribution in [3.05, 3.63) is 48.0 Å². The number of likely N-dealkylation sites (N-methyl/N-ethyl adjacent to an activating group) is 1. The lowest BCUT2D eigenvalue weighted by molar-refractivity contribution is 0.411. The summed E-state index contributed by atoms with van der Waals surface area (Å²) < 4.78 is 0. The summed E-state index contributed by atoms with van der Waals surface area (Å²) in [5.74, 6) is 3.01. The van der Waals surface area contributed by atoms with E-state index in [1.807, 2.05) is 0 Å². The number of hydrogen-bond acceptors (Lipinski definition) is 1. The van der Waals surface area contributed by atoms with Gasteiger partial charge < -0.3 is 5.32 Å². The van der Waals surface area contributed by atoms with Gasteiger partial charge in [0.2, 0.25) is 0 Å². The Morgan fingerprint density at radius 1 is 1.05 bits per heavy atom. The molecule has 2 saturated carbocycles. The normalized spacial score (nSPS) is 28.5. The SMILES string of the molecule is CCNC(Cc1cccc2ccccc12)C1C2CCCC21. The van der Waals surface area contributed by atoms with Gasteiger partial charge in [0.15, 0.2) is 0 Å². The van der Waals surface area contributed by atoms with Crippen LogP contribution in [0.3, 0.4) is 0 Å². The van der Waals surface area contributed by atoms with Crippen LogP contribution < -0.4 is 5.32 Å². The predicted octanol–water partition coefficient (Wildman–Crippen LogP) is 4.41. The summed E-state index contributed by atoms with van der Waals surface area (Å²) >= 11 is 0. The molecule has 110 valence electrons. The van der Waals surface area contributed by atoms with E-state index in [-0.39, 0.29) is 0 Å². The molecule has 1 N–H and O–H groups in total. The maximum absolute atomic E-state index is 3.79. The number of rotatable bonds is 5. The van der Waals surface area contributed by atoms with Crippen LogP contribution in [-0.2, 0) is 6.42 Å². The Hall–Kier alpha value is -1.34. The van der Waals surface area contributed by atoms with Crippen LogP contribution in [0.2, 0.25) is 0 Å². The number of hydrogen-bond donors (Lipinski definition) is 1. The monoisotopic (exact) mass is 279 g/mol. The molecule has 0 aromatic heterocycles. The van der Waals surface area contributed by atoms with Crippen LogP contribution >= 0.6 is 0 Å². The van der Waals surface area contributed by atoms with E-state index in [0.29, 0.717) is 6.04 Å². The molecule has 0 spiro atoms. The molecule has 0 radical (unpaired) electrons. The van der Waals surface area contributed by atoms with Gasteiger partial charge in [-0.05, 0) is 59.9 Å². The zero-order valence-electron chi connectivity index (χ0n) is 12.9. The van der Waals surface area contributed by atoms with Gasteiger partial charge in [-0.1, -0.05) is 55.8 Å². The van der Waals surface area contributed by atoms with Gasteiger partial charge in [0.1, 0.15) is 0 Å². The summed E-state index contributed by atoms with van der Waals surface area (Å²) in [6, 6.07) is 16.3. The van der Waals surface area contributed by atoms with Gasteiger partial charge in [0, 0.05) is 6.04 Å². The zero-order valence-corrected chi connectivity index (χ0v) is 12.9. The van der Waals surface area contributed by atoms with Crippen molar-refractivity contribution in [2.24, 2.45) is 17.8 Å². The molecule has 1 nitrogen and oxygen atoms in total. The van der Waals surface area contributed by atoms with Crippen LogP contribution in [0.5, 0.6) is 0 Å². The van der Waals surface area contributed by atoms with Crippen molar-refractivity contribution < 1.29 is 0 Å². The summed E-state index contributed by atoms with van der Waals surface area (Å²) in [4.78, 5) is 0. The number of nitrogens with one attached hydrogen (secondary N) is 1. The van der Waals surface area contributed by atoms with E-state index in [9.17, 15) is 0 Å². The van der Waals surface area contributed by atoms with Crippen LogP contribution in [0.4, 0.5) is 0 Å². The molecule has 21 heavy (non-hydrogen) atoms. The second-order valence-corrected chi connectivity index (χ2v) is 6.84. The third kappa shape index (κ3) is 2.38. The minimum atomic E-state index is 0.677. The van der Waals surface area contributed by atoms with Gasteiger partial charge in [-0.25, -0.2) is 0 Å². The summed E-state index contributed by atoms with van der Waals surface area (Å²) in [6.07, 6.45) is 5.62. The second kappa shape index (κ2) is 5.46. The largest absolute Gasteiger partial charge is 0.314 e. The lowest BCUT2D eigenvalue weighted by Gasteiger charge is -2.21. The first kappa shape index (κ1) is 13.3. The quantitative estimate of drug-likeness (QED) is 0.855. The van der Waals surface area contributed by atoms with E-state index in [0.717, 1.165) is 24.3 Å². The van der Waals surface area contributed by atoms with Gasteiger partial charge >= 0.3 is 0 Å². The molecule has 2 fully saturated rings. The lowest BCUT2D eigenvalue weighted by Crippen LogP contribution is -2.34. The Kier molecular flexibility index (Phi) is 3.46. The molecule has 0 bridgehead atoms. The Morgan fingerprint density at radius 2 is 1.81 bits per heavy atom. The van der Waals surface area contributed by atoms with Gasteiger partial charge in [0.25, 0.3) is 0 Å². The summed E-state index contributed by atoms with van der Waals surface area (Å²) in [5.41, 5.74) is 1.52. The van der Waals surface area contributed by atoms with E-state index >= 15 is 0 Å². The molecule has 2 aliphatic carbocycles. The highest BCUT2D eigenvalue weighted by atomic mass is 14.9. The van der Waals surface area contributed by atoms with Crippen LogP contribution in [0.1, 0.15) is 31.7 Å². The van der Waals surface area contributed by atoms with E-state index in [2.05, 4.69) is 54.7 Å². The maximum atomic E-state index is 3.79. The fourth-order valence-corrected chi connectivity index (χ4v) is 4.79. The van der Waals surface area contributed by atoms with Crippen molar-refractivity contribution in [3.8, 4) is 0 Å². The Morgan fingerprint density at radius 3 is 2.62 bits per heavy atom. The van der Waals surface area contributed by atoms with Crippen molar-refractivity contribution >= 4 is 10.8 Å². The third-order valence-corrected chi connectivity index (χ3v) is 5.72. The molecule has 0 amide bonds. The van der Waals surface area contributed by atoms with Crippen LogP contribution in [0.25, 0.3) is 10.8 Å². The van der Waals surface area contributed by atoms with Crippen molar-refractivity contribution in [1.82, 2.24) is 5.32 Å². The summed E-state index contributed by atoms with van der Waals surface area (Å²) in [5, 5.41) is 6.60. The molecule has 4 rings (SSSR count). The molecule has 3 unspecified atom stereocenters. The number of fused-ring (bicyclic) bond motifs is 2. The van der Waals surface area contributed by atoms with Crippen LogP contribution in [0.15, 0.2) is 42.5 Å². The highest BCUT2D eigenvalue weighted by Gasteiger charge is 2.55. The highest BCUT2D eigenvalue weighted by molar-refractivity contribution is 5.85. The molecule has 0 aliphatic heterocycles. The van der Waals surface area contributed by atoms with Crippen LogP contribution in [-0.4, -0.2) is 12.6 Å². The molecular weight excluding hydrogens is 254 g/mol. The van der Waals surface area contributed by atoms with E-state index in [4.69, 9.17) is 0 Å². The smallest absolute Gasteiger partial charge is 0.0141 e. The third-order valence-electron chi connectivity index (χ3n) is 5.72. The van der Waals surface area contributed by atoms with Gasteiger partial charge in [-0.2, -0.15) is 0 Å². The second-order valence-electron chi connectivity index (χ2n) is 6.84. The summed E-state index contributed by atoms with van der Waals surface area (Å²) in [6.45, 7) is 3.33. The van der Waals surface area contributed by atoms with Gasteiger partial charge in [0.05, 0.1) is 0 Å². The van der Waals surface area contributed by atoms with E-state index < -0.39 is 0 Å². The minimum Gasteiger partial charge on any atom is -0.314 e. The van der Waals surface area contributed by atoms with Crippen molar-refractivity contribution in [3.63, 3.8) is 0 Å². The first-order valence-electron chi connectivity index (χ1n) is 8.58. The maximum Gasteiger partial charge on any atom is 0.0141 e. The van der Waals surface area contributed by atoms with E-state index in [1.165, 1.54) is 42.0 Å². The van der Waals surface area contributed by atoms with Crippen molar-refractivity contribution in [2.75, 3.05) is 6.54 Å². The highest BCUT2D eigenvalue weighted by Crippen LogP contribution is 2.59. The standard InChI is InChI=1S/C20H25N/c1-2-21-19(20-17-11-6-12-18(17)20)13-15-9-5-8-14-7-3-4-10-16(14)15/h3-5,7-10,17-21H,2,6,11-13H2,1H3. The molecule has 2 aliphatic rings. The minimum absolute atomic E-state index is 0.677. The Bertz CT molecular complexity index is 617. The molecule has 0 saturated heterocycles. The lowest BCUT2D eigenvalue weighted by atomic mass is 9.94. The molecule has 1 heteroatoms. The average molecular weight is 279 g/mol. The average Bonchev–Trinajstić information content (AvgIpc) is 2.99.